The largest absolute Gasteiger partial charge is 0.487 e. The van der Waals surface area contributed by atoms with Crippen LogP contribution in [0.2, 0.25) is 0 Å². The van der Waals surface area contributed by atoms with Crippen molar-refractivity contribution in [2.24, 2.45) is 5.73 Å². The molecule has 0 spiro atoms. The van der Waals surface area contributed by atoms with Crippen LogP contribution in [0.3, 0.4) is 0 Å². The lowest BCUT2D eigenvalue weighted by Gasteiger charge is -2.11. The minimum absolute atomic E-state index is 0.382. The van der Waals surface area contributed by atoms with Crippen molar-refractivity contribution in [1.82, 2.24) is 0 Å². The fourth-order valence-electron chi connectivity index (χ4n) is 1.87. The molecule has 0 aliphatic rings. The standard InChI is InChI=1S/C16H17NOS/c1-12-5-3-6-13(2)16(12)18-11-15-14(7-4-9-17)8-10-19-15/h3,5-6,8,10H,9,11,17H2,1-2H3. The Kier molecular flexibility index (Phi) is 4.62. The van der Waals surface area contributed by atoms with Gasteiger partial charge >= 0.3 is 0 Å². The molecule has 98 valence electrons. The molecule has 1 aromatic carbocycles. The van der Waals surface area contributed by atoms with E-state index in [1.54, 1.807) is 11.3 Å². The van der Waals surface area contributed by atoms with E-state index in [9.17, 15) is 0 Å². The fraction of sp³-hybridized carbons (Fsp3) is 0.250. The Morgan fingerprint density at radius 3 is 2.63 bits per heavy atom. The van der Waals surface area contributed by atoms with Gasteiger partial charge in [0.1, 0.15) is 12.4 Å². The van der Waals surface area contributed by atoms with Crippen molar-refractivity contribution in [1.29, 1.82) is 0 Å². The lowest BCUT2D eigenvalue weighted by Crippen LogP contribution is -1.99. The Hall–Kier alpha value is -1.76. The molecule has 1 aromatic heterocycles. The second-order valence-electron chi connectivity index (χ2n) is 4.27. The van der Waals surface area contributed by atoms with Crippen molar-refractivity contribution < 1.29 is 4.74 Å². The number of ether oxygens (including phenoxy) is 1. The predicted octanol–water partition coefficient (Wildman–Crippen LogP) is 3.25. The molecule has 19 heavy (non-hydrogen) atoms. The third kappa shape index (κ3) is 3.37. The van der Waals surface area contributed by atoms with Gasteiger partial charge in [-0.3, -0.25) is 0 Å². The van der Waals surface area contributed by atoms with Crippen LogP contribution in [0.5, 0.6) is 5.75 Å². The van der Waals surface area contributed by atoms with Crippen LogP contribution in [0.25, 0.3) is 0 Å². The van der Waals surface area contributed by atoms with Crippen molar-refractivity contribution in [2.45, 2.75) is 20.5 Å². The normalized spacial score (nSPS) is 9.84. The molecular weight excluding hydrogens is 254 g/mol. The van der Waals surface area contributed by atoms with Gasteiger partial charge in [0, 0.05) is 5.56 Å². The minimum atomic E-state index is 0.382. The number of rotatable bonds is 3. The molecule has 1 heterocycles. The molecule has 2 nitrogen and oxygen atoms in total. The zero-order valence-electron chi connectivity index (χ0n) is 11.2. The van der Waals surface area contributed by atoms with Crippen LogP contribution in [0.1, 0.15) is 21.6 Å². The Morgan fingerprint density at radius 1 is 1.21 bits per heavy atom. The Bertz CT molecular complexity index is 599. The topological polar surface area (TPSA) is 35.2 Å². The van der Waals surface area contributed by atoms with Crippen LogP contribution < -0.4 is 10.5 Å². The lowest BCUT2D eigenvalue weighted by molar-refractivity contribution is 0.305. The molecule has 2 rings (SSSR count). The molecule has 0 radical (unpaired) electrons. The molecule has 0 bridgehead atoms. The highest BCUT2D eigenvalue weighted by molar-refractivity contribution is 7.10. The van der Waals surface area contributed by atoms with Gasteiger partial charge in [0.25, 0.3) is 0 Å². The first-order valence-corrected chi connectivity index (χ1v) is 7.04. The molecule has 0 saturated carbocycles. The molecule has 0 fully saturated rings. The van der Waals surface area contributed by atoms with Crippen molar-refractivity contribution in [3.05, 3.63) is 51.2 Å². The van der Waals surface area contributed by atoms with E-state index in [2.05, 4.69) is 37.8 Å². The average molecular weight is 271 g/mol. The van der Waals surface area contributed by atoms with E-state index in [4.69, 9.17) is 10.5 Å². The fourth-order valence-corrected chi connectivity index (χ4v) is 2.62. The molecule has 0 atom stereocenters. The predicted molar refractivity (Wildman–Crippen MR) is 80.5 cm³/mol. The first kappa shape index (κ1) is 13.7. The van der Waals surface area contributed by atoms with Gasteiger partial charge in [-0.2, -0.15) is 0 Å². The molecular formula is C16H17NOS. The van der Waals surface area contributed by atoms with Crippen LogP contribution in [0.15, 0.2) is 29.6 Å². The highest BCUT2D eigenvalue weighted by Gasteiger charge is 2.06. The summed E-state index contributed by atoms with van der Waals surface area (Å²) in [6, 6.07) is 8.18. The summed E-state index contributed by atoms with van der Waals surface area (Å²) in [5, 5.41) is 2.03. The van der Waals surface area contributed by atoms with Crippen molar-refractivity contribution in [2.75, 3.05) is 6.54 Å². The number of hydrogen-bond donors (Lipinski definition) is 1. The van der Waals surface area contributed by atoms with Gasteiger partial charge in [-0.1, -0.05) is 30.0 Å². The molecule has 2 aromatic rings. The summed E-state index contributed by atoms with van der Waals surface area (Å²) in [6.07, 6.45) is 0. The highest BCUT2D eigenvalue weighted by Crippen LogP contribution is 2.25. The second-order valence-corrected chi connectivity index (χ2v) is 5.27. The summed E-state index contributed by atoms with van der Waals surface area (Å²) in [5.74, 6) is 6.92. The van der Waals surface area contributed by atoms with Crippen LogP contribution in [0.4, 0.5) is 0 Å². The van der Waals surface area contributed by atoms with Gasteiger partial charge in [-0.05, 0) is 36.4 Å². The summed E-state index contributed by atoms with van der Waals surface area (Å²) in [4.78, 5) is 1.14. The molecule has 0 unspecified atom stereocenters. The average Bonchev–Trinajstić information content (AvgIpc) is 2.83. The third-order valence-corrected chi connectivity index (χ3v) is 3.72. The van der Waals surface area contributed by atoms with Crippen LogP contribution >= 0.6 is 11.3 Å². The van der Waals surface area contributed by atoms with Gasteiger partial charge in [0.05, 0.1) is 11.4 Å². The number of nitrogens with two attached hydrogens (primary N) is 1. The van der Waals surface area contributed by atoms with E-state index < -0.39 is 0 Å². The monoisotopic (exact) mass is 271 g/mol. The maximum atomic E-state index is 5.94. The van der Waals surface area contributed by atoms with Gasteiger partial charge in [0.2, 0.25) is 0 Å². The van der Waals surface area contributed by atoms with Crippen LogP contribution in [-0.2, 0) is 6.61 Å². The Balaban J connectivity index is 2.13. The van der Waals surface area contributed by atoms with E-state index >= 15 is 0 Å². The molecule has 2 N–H and O–H groups in total. The first-order chi connectivity index (χ1) is 9.22. The van der Waals surface area contributed by atoms with Crippen LogP contribution in [0, 0.1) is 25.7 Å². The summed E-state index contributed by atoms with van der Waals surface area (Å²) in [7, 11) is 0. The van der Waals surface area contributed by atoms with Crippen molar-refractivity contribution in [3.8, 4) is 17.6 Å². The van der Waals surface area contributed by atoms with Gasteiger partial charge in [0.15, 0.2) is 0 Å². The number of aryl methyl sites for hydroxylation is 2. The highest BCUT2D eigenvalue weighted by atomic mass is 32.1. The zero-order chi connectivity index (χ0) is 13.7. The SMILES string of the molecule is Cc1cccc(C)c1OCc1sccc1C#CCN. The van der Waals surface area contributed by atoms with E-state index in [-0.39, 0.29) is 0 Å². The summed E-state index contributed by atoms with van der Waals surface area (Å²) in [5.41, 5.74) is 8.73. The van der Waals surface area contributed by atoms with Gasteiger partial charge < -0.3 is 10.5 Å². The minimum Gasteiger partial charge on any atom is -0.487 e. The van der Waals surface area contributed by atoms with Crippen molar-refractivity contribution in [3.63, 3.8) is 0 Å². The summed E-state index contributed by atoms with van der Waals surface area (Å²) in [6.45, 7) is 5.06. The van der Waals surface area contributed by atoms with E-state index in [1.165, 1.54) is 0 Å². The second kappa shape index (κ2) is 6.42. The Morgan fingerprint density at radius 2 is 1.95 bits per heavy atom. The number of hydrogen-bond acceptors (Lipinski definition) is 3. The number of thiophene rings is 1. The van der Waals surface area contributed by atoms with Gasteiger partial charge in [-0.15, -0.1) is 11.3 Å². The molecule has 0 amide bonds. The molecule has 3 heteroatoms. The molecule has 0 aliphatic carbocycles. The lowest BCUT2D eigenvalue weighted by atomic mass is 10.1. The third-order valence-electron chi connectivity index (χ3n) is 2.83. The number of benzene rings is 1. The van der Waals surface area contributed by atoms with E-state index in [1.807, 2.05) is 17.5 Å². The molecule has 0 aliphatic heterocycles. The maximum Gasteiger partial charge on any atom is 0.125 e. The van der Waals surface area contributed by atoms with E-state index in [0.717, 1.165) is 27.3 Å². The van der Waals surface area contributed by atoms with Crippen molar-refractivity contribution >= 4 is 11.3 Å². The number of para-hydroxylation sites is 1. The summed E-state index contributed by atoms with van der Waals surface area (Å²) < 4.78 is 5.94. The van der Waals surface area contributed by atoms with Crippen LogP contribution in [-0.4, -0.2) is 6.54 Å². The first-order valence-electron chi connectivity index (χ1n) is 6.16. The maximum absolute atomic E-state index is 5.94. The van der Waals surface area contributed by atoms with E-state index in [0.29, 0.717) is 13.2 Å². The smallest absolute Gasteiger partial charge is 0.125 e. The zero-order valence-corrected chi connectivity index (χ0v) is 12.0. The molecule has 0 saturated heterocycles. The quantitative estimate of drug-likeness (QED) is 0.870. The Labute approximate surface area is 118 Å². The van der Waals surface area contributed by atoms with Gasteiger partial charge in [-0.25, -0.2) is 0 Å². The summed E-state index contributed by atoms with van der Waals surface area (Å²) >= 11 is 1.66.